The van der Waals surface area contributed by atoms with Gasteiger partial charge in [0.1, 0.15) is 0 Å². The van der Waals surface area contributed by atoms with Crippen LogP contribution in [-0.4, -0.2) is 29.6 Å². The second kappa shape index (κ2) is 7.18. The van der Waals surface area contributed by atoms with E-state index in [-0.39, 0.29) is 25.4 Å². The van der Waals surface area contributed by atoms with Crippen molar-refractivity contribution in [2.75, 3.05) is 6.61 Å². The van der Waals surface area contributed by atoms with Crippen molar-refractivity contribution < 1.29 is 18.7 Å². The lowest BCUT2D eigenvalue weighted by atomic mass is 9.85. The van der Waals surface area contributed by atoms with Gasteiger partial charge in [-0.1, -0.05) is 29.8 Å². The molecular formula is C17H23F2NO2. The van der Waals surface area contributed by atoms with Gasteiger partial charge in [-0.25, -0.2) is 8.78 Å². The summed E-state index contributed by atoms with van der Waals surface area (Å²) in [5, 5.41) is 12.2. The number of carbonyl (C=O) groups is 1. The van der Waals surface area contributed by atoms with Gasteiger partial charge in [0.15, 0.2) is 0 Å². The fraction of sp³-hybridized carbons (Fsp3) is 0.588. The van der Waals surface area contributed by atoms with Crippen LogP contribution in [-0.2, 0) is 11.2 Å². The number of aliphatic hydroxyl groups excluding tert-OH is 1. The number of halogens is 2. The number of aryl methyl sites for hydroxylation is 1. The zero-order valence-electron chi connectivity index (χ0n) is 12.8. The second-order valence-corrected chi connectivity index (χ2v) is 6.23. The molecule has 0 saturated heterocycles. The molecule has 1 aliphatic rings. The Labute approximate surface area is 129 Å². The highest BCUT2D eigenvalue weighted by Crippen LogP contribution is 2.36. The molecule has 0 aliphatic heterocycles. The number of alkyl halides is 2. The Morgan fingerprint density at radius 1 is 1.50 bits per heavy atom. The summed E-state index contributed by atoms with van der Waals surface area (Å²) in [4.78, 5) is 12.2. The average molecular weight is 311 g/mol. The highest BCUT2D eigenvalue weighted by atomic mass is 19.3. The molecule has 2 rings (SSSR count). The number of aliphatic hydroxyl groups is 1. The van der Waals surface area contributed by atoms with E-state index in [0.717, 1.165) is 11.1 Å². The summed E-state index contributed by atoms with van der Waals surface area (Å²) in [5.41, 5.74) is 2.11. The van der Waals surface area contributed by atoms with Gasteiger partial charge in [-0.2, -0.15) is 0 Å². The zero-order chi connectivity index (χ0) is 16.2. The van der Waals surface area contributed by atoms with Gasteiger partial charge in [0.05, 0.1) is 12.6 Å². The molecule has 1 saturated carbocycles. The van der Waals surface area contributed by atoms with Crippen LogP contribution in [0.15, 0.2) is 24.3 Å². The summed E-state index contributed by atoms with van der Waals surface area (Å²) < 4.78 is 26.8. The molecule has 122 valence electrons. The summed E-state index contributed by atoms with van der Waals surface area (Å²) in [6, 6.07) is 7.37. The molecule has 5 heteroatoms. The highest BCUT2D eigenvalue weighted by molar-refractivity contribution is 5.79. The molecule has 22 heavy (non-hydrogen) atoms. The summed E-state index contributed by atoms with van der Waals surface area (Å²) in [6.07, 6.45) is 0.828. The zero-order valence-corrected chi connectivity index (χ0v) is 12.8. The normalized spacial score (nSPS) is 22.1. The fourth-order valence-corrected chi connectivity index (χ4v) is 3.00. The van der Waals surface area contributed by atoms with Crippen LogP contribution in [0.3, 0.4) is 0 Å². The van der Waals surface area contributed by atoms with Crippen molar-refractivity contribution in [3.05, 3.63) is 35.4 Å². The Morgan fingerprint density at radius 3 is 2.91 bits per heavy atom. The first kappa shape index (κ1) is 16.9. The third-order valence-electron chi connectivity index (χ3n) is 4.14. The van der Waals surface area contributed by atoms with Crippen LogP contribution >= 0.6 is 0 Å². The van der Waals surface area contributed by atoms with Crippen molar-refractivity contribution in [2.24, 2.45) is 5.92 Å². The lowest BCUT2D eigenvalue weighted by molar-refractivity contribution is -0.133. The van der Waals surface area contributed by atoms with Gasteiger partial charge in [-0.05, 0) is 31.7 Å². The van der Waals surface area contributed by atoms with E-state index in [4.69, 9.17) is 0 Å². The Kier molecular flexibility index (Phi) is 5.51. The van der Waals surface area contributed by atoms with E-state index in [9.17, 15) is 18.7 Å². The molecule has 0 spiro atoms. The topological polar surface area (TPSA) is 49.3 Å². The molecule has 0 bridgehead atoms. The van der Waals surface area contributed by atoms with Gasteiger partial charge in [-0.3, -0.25) is 4.79 Å². The van der Waals surface area contributed by atoms with Crippen molar-refractivity contribution >= 4 is 5.91 Å². The molecule has 1 fully saturated rings. The first-order chi connectivity index (χ1) is 10.4. The Bertz CT molecular complexity index is 519. The molecule has 3 nitrogen and oxygen atoms in total. The lowest BCUT2D eigenvalue weighted by Crippen LogP contribution is -2.44. The van der Waals surface area contributed by atoms with Crippen molar-refractivity contribution in [3.63, 3.8) is 0 Å². The van der Waals surface area contributed by atoms with Crippen molar-refractivity contribution in [1.29, 1.82) is 0 Å². The van der Waals surface area contributed by atoms with Crippen LogP contribution in [0.1, 0.15) is 36.8 Å². The number of carbonyl (C=O) groups excluding carboxylic acids is 1. The van der Waals surface area contributed by atoms with Gasteiger partial charge in [-0.15, -0.1) is 0 Å². The summed E-state index contributed by atoms with van der Waals surface area (Å²) >= 11 is 0. The minimum Gasteiger partial charge on any atom is -0.394 e. The SMILES string of the molecule is Cc1cccc(CC(CO)NC(=O)C2CCCC(F)(F)C2)c1. The van der Waals surface area contributed by atoms with Gasteiger partial charge >= 0.3 is 0 Å². The van der Waals surface area contributed by atoms with Gasteiger partial charge in [0, 0.05) is 18.8 Å². The summed E-state index contributed by atoms with van der Waals surface area (Å²) in [7, 11) is 0. The average Bonchev–Trinajstić information content (AvgIpc) is 2.45. The third kappa shape index (κ3) is 4.77. The van der Waals surface area contributed by atoms with Crippen molar-refractivity contribution in [3.8, 4) is 0 Å². The van der Waals surface area contributed by atoms with E-state index in [2.05, 4.69) is 5.32 Å². The van der Waals surface area contributed by atoms with Crippen molar-refractivity contribution in [2.45, 2.75) is 51.0 Å². The smallest absolute Gasteiger partial charge is 0.248 e. The van der Waals surface area contributed by atoms with E-state index in [0.29, 0.717) is 19.3 Å². The van der Waals surface area contributed by atoms with Crippen LogP contribution in [0.4, 0.5) is 8.78 Å². The number of rotatable bonds is 5. The quantitative estimate of drug-likeness (QED) is 0.878. The maximum Gasteiger partial charge on any atom is 0.248 e. The molecule has 0 radical (unpaired) electrons. The fourth-order valence-electron chi connectivity index (χ4n) is 3.00. The Morgan fingerprint density at radius 2 is 2.27 bits per heavy atom. The van der Waals surface area contributed by atoms with Gasteiger partial charge in [0.25, 0.3) is 0 Å². The molecule has 1 aliphatic carbocycles. The van der Waals surface area contributed by atoms with E-state index >= 15 is 0 Å². The predicted octanol–water partition coefficient (Wildman–Crippen LogP) is 2.84. The maximum atomic E-state index is 13.4. The van der Waals surface area contributed by atoms with Crippen LogP contribution < -0.4 is 5.32 Å². The minimum atomic E-state index is -2.74. The summed E-state index contributed by atoms with van der Waals surface area (Å²) in [5.74, 6) is -3.77. The van der Waals surface area contributed by atoms with Gasteiger partial charge < -0.3 is 10.4 Å². The molecule has 0 heterocycles. The predicted molar refractivity (Wildman–Crippen MR) is 80.8 cm³/mol. The van der Waals surface area contributed by atoms with Crippen LogP contribution in [0, 0.1) is 12.8 Å². The lowest BCUT2D eigenvalue weighted by Gasteiger charge is -2.29. The van der Waals surface area contributed by atoms with Crippen LogP contribution in [0.25, 0.3) is 0 Å². The van der Waals surface area contributed by atoms with Crippen LogP contribution in [0.5, 0.6) is 0 Å². The Balaban J connectivity index is 1.93. The molecular weight excluding hydrogens is 288 g/mol. The largest absolute Gasteiger partial charge is 0.394 e. The highest BCUT2D eigenvalue weighted by Gasteiger charge is 2.39. The van der Waals surface area contributed by atoms with Gasteiger partial charge in [0.2, 0.25) is 11.8 Å². The third-order valence-corrected chi connectivity index (χ3v) is 4.14. The molecule has 1 aromatic carbocycles. The number of hydrogen-bond acceptors (Lipinski definition) is 2. The van der Waals surface area contributed by atoms with E-state index < -0.39 is 17.9 Å². The molecule has 1 aromatic rings. The molecule has 2 N–H and O–H groups in total. The number of nitrogens with one attached hydrogen (secondary N) is 1. The second-order valence-electron chi connectivity index (χ2n) is 6.23. The first-order valence-electron chi connectivity index (χ1n) is 7.74. The number of amides is 1. The summed E-state index contributed by atoms with van der Waals surface area (Å²) in [6.45, 7) is 1.77. The molecule has 2 unspecified atom stereocenters. The van der Waals surface area contributed by atoms with E-state index in [1.165, 1.54) is 0 Å². The number of hydrogen-bond donors (Lipinski definition) is 2. The van der Waals surface area contributed by atoms with Crippen molar-refractivity contribution in [1.82, 2.24) is 5.32 Å². The number of benzene rings is 1. The Hall–Kier alpha value is -1.49. The van der Waals surface area contributed by atoms with E-state index in [1.54, 1.807) is 0 Å². The van der Waals surface area contributed by atoms with E-state index in [1.807, 2.05) is 31.2 Å². The maximum absolute atomic E-state index is 13.4. The first-order valence-corrected chi connectivity index (χ1v) is 7.74. The monoisotopic (exact) mass is 311 g/mol. The molecule has 1 amide bonds. The molecule has 0 aromatic heterocycles. The molecule has 2 atom stereocenters. The minimum absolute atomic E-state index is 0.135. The standard InChI is InChI=1S/C17H23F2NO2/c1-12-4-2-5-13(8-12)9-15(11-21)20-16(22)14-6-3-7-17(18,19)10-14/h2,4-5,8,14-15,21H,3,6-7,9-11H2,1H3,(H,20,22). The van der Waals surface area contributed by atoms with Crippen LogP contribution in [0.2, 0.25) is 0 Å².